The lowest BCUT2D eigenvalue weighted by Crippen LogP contribution is -2.66. The first kappa shape index (κ1) is 35.1. The molecule has 1 amide bonds. The first-order valence-electron chi connectivity index (χ1n) is 19.2. The number of hydrogen-bond donors (Lipinski definition) is 1. The van der Waals surface area contributed by atoms with Crippen LogP contribution < -0.4 is 0 Å². The van der Waals surface area contributed by atoms with Crippen molar-refractivity contribution in [3.63, 3.8) is 0 Å². The Balaban J connectivity index is 1.29. The molecule has 6 heteroatoms. The van der Waals surface area contributed by atoms with Gasteiger partial charge >= 0.3 is 5.97 Å². The zero-order valence-corrected chi connectivity index (χ0v) is 31.4. The number of aliphatic hydroxyl groups excluding tert-OH is 1. The summed E-state index contributed by atoms with van der Waals surface area (Å²) in [5.41, 5.74) is 1.27. The number of rotatable bonds is 4. The molecule has 0 spiro atoms. The van der Waals surface area contributed by atoms with Crippen LogP contribution in [0.3, 0.4) is 0 Å². The zero-order chi connectivity index (χ0) is 34.5. The van der Waals surface area contributed by atoms with E-state index in [1.165, 1.54) is 5.57 Å². The summed E-state index contributed by atoms with van der Waals surface area (Å²) in [6, 6.07) is 0. The number of piperidine rings is 1. The number of nitrogens with zero attached hydrogens (tertiary/aromatic N) is 1. The fraction of sp³-hybridized carbons (Fsp3) is 0.878. The van der Waals surface area contributed by atoms with Gasteiger partial charge in [0.1, 0.15) is 5.60 Å². The minimum atomic E-state index is -0.708. The highest BCUT2D eigenvalue weighted by Crippen LogP contribution is 2.76. The number of ether oxygens (including phenoxy) is 1. The van der Waals surface area contributed by atoms with E-state index in [2.05, 4.69) is 53.4 Å². The average molecular weight is 652 g/mol. The predicted octanol–water partition coefficient (Wildman–Crippen LogP) is 8.30. The Morgan fingerprint density at radius 3 is 2.15 bits per heavy atom. The van der Waals surface area contributed by atoms with Gasteiger partial charge in [-0.3, -0.25) is 14.4 Å². The Bertz CT molecular complexity index is 1330. The number of esters is 1. The van der Waals surface area contributed by atoms with Crippen LogP contribution >= 0.6 is 0 Å². The summed E-state index contributed by atoms with van der Waals surface area (Å²) >= 11 is 0. The molecule has 6 rings (SSSR count). The van der Waals surface area contributed by atoms with Crippen LogP contribution in [0, 0.1) is 56.7 Å². The number of likely N-dealkylation sites (tertiary alicyclic amines) is 1. The van der Waals surface area contributed by atoms with Crippen LogP contribution in [0.15, 0.2) is 11.1 Å². The predicted molar refractivity (Wildman–Crippen MR) is 185 cm³/mol. The summed E-state index contributed by atoms with van der Waals surface area (Å²) < 4.78 is 5.59. The van der Waals surface area contributed by atoms with Crippen LogP contribution in [0.5, 0.6) is 0 Å². The van der Waals surface area contributed by atoms with E-state index >= 15 is 0 Å². The topological polar surface area (TPSA) is 83.9 Å². The van der Waals surface area contributed by atoms with Crippen LogP contribution in [0.4, 0.5) is 0 Å². The first-order chi connectivity index (χ1) is 21.7. The molecule has 0 radical (unpaired) electrons. The zero-order valence-electron chi connectivity index (χ0n) is 31.4. The van der Waals surface area contributed by atoms with E-state index in [4.69, 9.17) is 4.74 Å². The van der Waals surface area contributed by atoms with Crippen LogP contribution in [0.1, 0.15) is 146 Å². The van der Waals surface area contributed by atoms with Gasteiger partial charge in [0, 0.05) is 25.9 Å². The van der Waals surface area contributed by atoms with Crippen LogP contribution in [0.25, 0.3) is 0 Å². The van der Waals surface area contributed by atoms with Gasteiger partial charge in [-0.05, 0) is 147 Å². The second kappa shape index (κ2) is 11.4. The third-order valence-corrected chi connectivity index (χ3v) is 15.6. The lowest BCUT2D eigenvalue weighted by molar-refractivity contribution is -0.228. The summed E-state index contributed by atoms with van der Waals surface area (Å²) in [6.45, 7) is 23.6. The number of ketones is 1. The molecule has 1 saturated heterocycles. The van der Waals surface area contributed by atoms with Crippen molar-refractivity contribution in [3.8, 4) is 0 Å². The lowest BCUT2D eigenvalue weighted by Gasteiger charge is -2.72. The van der Waals surface area contributed by atoms with Gasteiger partial charge in [-0.25, -0.2) is 0 Å². The monoisotopic (exact) mass is 651 g/mol. The largest absolute Gasteiger partial charge is 0.460 e. The van der Waals surface area contributed by atoms with Gasteiger partial charge in [0.25, 0.3) is 0 Å². The van der Waals surface area contributed by atoms with Gasteiger partial charge in [-0.1, -0.05) is 48.5 Å². The van der Waals surface area contributed by atoms with Crippen molar-refractivity contribution >= 4 is 17.7 Å². The lowest BCUT2D eigenvalue weighted by atomic mass is 9.33. The third kappa shape index (κ3) is 5.22. The fourth-order valence-corrected chi connectivity index (χ4v) is 13.1. The van der Waals surface area contributed by atoms with Gasteiger partial charge in [0.15, 0.2) is 5.78 Å². The van der Waals surface area contributed by atoms with Crippen molar-refractivity contribution in [1.29, 1.82) is 0 Å². The highest BCUT2D eigenvalue weighted by Gasteiger charge is 2.71. The third-order valence-electron chi connectivity index (χ3n) is 15.6. The molecule has 5 fully saturated rings. The molecule has 6 aliphatic rings. The molecule has 47 heavy (non-hydrogen) atoms. The molecule has 0 bridgehead atoms. The Morgan fingerprint density at radius 2 is 1.53 bits per heavy atom. The van der Waals surface area contributed by atoms with Crippen molar-refractivity contribution in [3.05, 3.63) is 11.1 Å². The highest BCUT2D eigenvalue weighted by molar-refractivity contribution is 6.07. The molecule has 1 N–H and O–H groups in total. The summed E-state index contributed by atoms with van der Waals surface area (Å²) in [5, 5.41) is 11.1. The van der Waals surface area contributed by atoms with Crippen molar-refractivity contribution < 1.29 is 24.2 Å². The molecule has 8 atom stereocenters. The maximum absolute atomic E-state index is 14.9. The van der Waals surface area contributed by atoms with E-state index in [1.807, 2.05) is 20.8 Å². The van der Waals surface area contributed by atoms with Gasteiger partial charge < -0.3 is 14.7 Å². The number of allylic oxidation sites excluding steroid dienone is 1. The number of fused-ring (bicyclic) bond motifs is 7. The van der Waals surface area contributed by atoms with Crippen LogP contribution in [-0.4, -0.2) is 52.5 Å². The van der Waals surface area contributed by atoms with E-state index in [-0.39, 0.29) is 63.2 Å². The molecular weight excluding hydrogens is 586 g/mol. The van der Waals surface area contributed by atoms with Gasteiger partial charge in [0.2, 0.25) is 5.91 Å². The summed E-state index contributed by atoms with van der Waals surface area (Å²) in [7, 11) is 0. The number of hydrogen-bond acceptors (Lipinski definition) is 5. The second-order valence-electron chi connectivity index (χ2n) is 19.7. The summed E-state index contributed by atoms with van der Waals surface area (Å²) in [5.74, 6) is 1.90. The van der Waals surface area contributed by atoms with E-state index in [0.29, 0.717) is 37.8 Å². The van der Waals surface area contributed by atoms with E-state index < -0.39 is 11.0 Å². The Morgan fingerprint density at radius 1 is 0.872 bits per heavy atom. The molecule has 4 saturated carbocycles. The molecule has 0 aromatic heterocycles. The van der Waals surface area contributed by atoms with Crippen molar-refractivity contribution in [1.82, 2.24) is 4.90 Å². The fourth-order valence-electron chi connectivity index (χ4n) is 13.1. The minimum Gasteiger partial charge on any atom is -0.460 e. The normalized spacial score (nSPS) is 42.0. The smallest absolute Gasteiger partial charge is 0.306 e. The van der Waals surface area contributed by atoms with Crippen molar-refractivity contribution in [2.24, 2.45) is 56.7 Å². The average Bonchev–Trinajstić information content (AvgIpc) is 3.28. The molecule has 0 aromatic rings. The molecule has 1 heterocycles. The molecule has 6 nitrogen and oxygen atoms in total. The number of carbonyl (C=O) groups is 3. The molecular formula is C41H65NO5. The minimum absolute atomic E-state index is 0.0222. The summed E-state index contributed by atoms with van der Waals surface area (Å²) in [4.78, 5) is 43.5. The quantitative estimate of drug-likeness (QED) is 0.309. The maximum atomic E-state index is 14.9. The van der Waals surface area contributed by atoms with Crippen LogP contribution in [0.2, 0.25) is 0 Å². The van der Waals surface area contributed by atoms with Gasteiger partial charge in [0.05, 0.1) is 11.5 Å². The Kier molecular flexibility index (Phi) is 8.54. The number of carbonyl (C=O) groups excluding carboxylic acids is 3. The Hall–Kier alpha value is -1.69. The second-order valence-corrected chi connectivity index (χ2v) is 19.7. The van der Waals surface area contributed by atoms with E-state index in [1.54, 1.807) is 0 Å². The SMILES string of the molecule is CC(C)C1=C2[C@H]3CC[C@@H]4[C@@]5(C)CC[C@H](O)C(C)(C)[C@@H]5CC[C@@]4(C)[C@]3(C)CC[C@@]2(C(=O)N2CCC(CC(=O)OC(C)(C)C)CC2)CC1=O. The van der Waals surface area contributed by atoms with E-state index in [0.717, 1.165) is 69.8 Å². The first-order valence-corrected chi connectivity index (χ1v) is 19.2. The summed E-state index contributed by atoms with van der Waals surface area (Å²) in [6.07, 6.45) is 10.3. The molecule has 0 unspecified atom stereocenters. The molecule has 5 aliphatic carbocycles. The molecule has 264 valence electrons. The molecule has 1 aliphatic heterocycles. The van der Waals surface area contributed by atoms with Gasteiger partial charge in [-0.2, -0.15) is 0 Å². The number of amides is 1. The van der Waals surface area contributed by atoms with E-state index in [9.17, 15) is 19.5 Å². The molecule has 0 aromatic carbocycles. The number of aliphatic hydroxyl groups is 1. The highest BCUT2D eigenvalue weighted by atomic mass is 16.6. The number of Topliss-reactive ketones (excluding diaryl/α,β-unsaturated/α-hetero) is 1. The van der Waals surface area contributed by atoms with Crippen molar-refractivity contribution in [2.45, 2.75) is 158 Å². The maximum Gasteiger partial charge on any atom is 0.306 e. The van der Waals surface area contributed by atoms with Crippen molar-refractivity contribution in [2.75, 3.05) is 13.1 Å². The standard InChI is InChI=1S/C41H65NO5/c1-25(2)33-28(43)24-41(35(46)42-21-15-26(16-22-42)23-32(45)47-36(3,4)5)20-19-39(9)27(34(33)41)11-12-30-38(8)17-14-31(44)37(6,7)29(38)13-18-40(30,39)10/h25-27,29-31,44H,11-24H2,1-10H3/t27-,29+,30-,31+,38+,39-,40-,41-/m1/s1. The van der Waals surface area contributed by atoms with Crippen LogP contribution in [-0.2, 0) is 19.1 Å². The Labute approximate surface area is 285 Å². The van der Waals surface area contributed by atoms with Gasteiger partial charge in [-0.15, -0.1) is 0 Å².